The van der Waals surface area contributed by atoms with Gasteiger partial charge in [0.25, 0.3) is 0 Å². The number of fused-ring (bicyclic) bond motifs is 1. The predicted octanol–water partition coefficient (Wildman–Crippen LogP) is 3.25. The van der Waals surface area contributed by atoms with Crippen molar-refractivity contribution >= 4 is 10.1 Å². The number of halogens is 3. The maximum absolute atomic E-state index is 12.7. The van der Waals surface area contributed by atoms with E-state index in [0.717, 1.165) is 0 Å². The molecule has 0 radical (unpaired) electrons. The van der Waals surface area contributed by atoms with Crippen LogP contribution in [-0.2, 0) is 23.8 Å². The van der Waals surface area contributed by atoms with Crippen molar-refractivity contribution in [1.82, 2.24) is 0 Å². The molecule has 136 valence electrons. The van der Waals surface area contributed by atoms with Crippen LogP contribution in [0.25, 0.3) is 0 Å². The van der Waals surface area contributed by atoms with Gasteiger partial charge in [-0.3, -0.25) is 0 Å². The third kappa shape index (κ3) is 2.76. The van der Waals surface area contributed by atoms with Crippen LogP contribution in [0.4, 0.5) is 13.2 Å². The lowest BCUT2D eigenvalue weighted by molar-refractivity contribution is -0.203. The fourth-order valence-electron chi connectivity index (χ4n) is 4.04. The van der Waals surface area contributed by atoms with Crippen molar-refractivity contribution in [3.8, 4) is 0 Å². The average Bonchev–Trinajstić information content (AvgIpc) is 3.06. The van der Waals surface area contributed by atoms with E-state index in [-0.39, 0.29) is 11.7 Å². The number of alkyl halides is 3. The zero-order valence-corrected chi connectivity index (χ0v) is 13.8. The van der Waals surface area contributed by atoms with Gasteiger partial charge in [-0.05, 0) is 31.3 Å². The fraction of sp³-hybridized carbons (Fsp3) is 0.733. The molecule has 1 spiro atoms. The third-order valence-electron chi connectivity index (χ3n) is 5.17. The first kappa shape index (κ1) is 17.8. The summed E-state index contributed by atoms with van der Waals surface area (Å²) in [6, 6.07) is 0. The highest BCUT2D eigenvalue weighted by Crippen LogP contribution is 2.59. The molecule has 2 aliphatic carbocycles. The summed E-state index contributed by atoms with van der Waals surface area (Å²) in [6.07, 6.45) is 5.19. The lowest BCUT2D eigenvalue weighted by atomic mass is 9.64. The Hall–Kier alpha value is -1.06. The molecule has 0 aromatic heterocycles. The zero-order chi connectivity index (χ0) is 17.6. The first-order valence-corrected chi connectivity index (χ1v) is 9.15. The van der Waals surface area contributed by atoms with E-state index >= 15 is 0 Å². The molecule has 2 fully saturated rings. The maximum atomic E-state index is 12.7. The molecule has 5 nitrogen and oxygen atoms in total. The van der Waals surface area contributed by atoms with Crippen molar-refractivity contribution in [1.29, 1.82) is 0 Å². The Labute approximate surface area is 138 Å². The van der Waals surface area contributed by atoms with Gasteiger partial charge in [-0.15, -0.1) is 6.58 Å². The van der Waals surface area contributed by atoms with Crippen LogP contribution in [0.5, 0.6) is 0 Å². The second-order valence-electron chi connectivity index (χ2n) is 6.44. The third-order valence-corrected chi connectivity index (χ3v) is 6.14. The summed E-state index contributed by atoms with van der Waals surface area (Å²) in [7, 11) is -5.68. The molecule has 2 atom stereocenters. The van der Waals surface area contributed by atoms with Gasteiger partial charge in [0.1, 0.15) is 5.76 Å². The summed E-state index contributed by atoms with van der Waals surface area (Å²) in [5.41, 5.74) is -6.25. The van der Waals surface area contributed by atoms with E-state index in [0.29, 0.717) is 45.3 Å². The Morgan fingerprint density at radius 3 is 2.58 bits per heavy atom. The van der Waals surface area contributed by atoms with Crippen LogP contribution in [0.15, 0.2) is 24.5 Å². The monoisotopic (exact) mass is 368 g/mol. The molecular weight excluding hydrogens is 349 g/mol. The minimum Gasteiger partial charge on any atom is -0.380 e. The van der Waals surface area contributed by atoms with Crippen LogP contribution >= 0.6 is 0 Å². The summed E-state index contributed by atoms with van der Waals surface area (Å²) in [4.78, 5) is 0. The highest BCUT2D eigenvalue weighted by molar-refractivity contribution is 7.87. The van der Waals surface area contributed by atoms with Crippen molar-refractivity contribution < 1.29 is 35.2 Å². The Morgan fingerprint density at radius 1 is 1.33 bits per heavy atom. The van der Waals surface area contributed by atoms with Crippen LogP contribution in [0.3, 0.4) is 0 Å². The summed E-state index contributed by atoms with van der Waals surface area (Å²) >= 11 is 0. The smallest absolute Gasteiger partial charge is 0.380 e. The van der Waals surface area contributed by atoms with Crippen molar-refractivity contribution in [3.63, 3.8) is 0 Å². The van der Waals surface area contributed by atoms with Gasteiger partial charge in [-0.1, -0.05) is 6.08 Å². The Kier molecular flexibility index (Phi) is 4.25. The molecule has 1 aliphatic heterocycles. The Bertz CT molecular complexity index is 649. The largest absolute Gasteiger partial charge is 0.534 e. The van der Waals surface area contributed by atoms with E-state index in [1.54, 1.807) is 6.08 Å². The van der Waals surface area contributed by atoms with Gasteiger partial charge in [0, 0.05) is 18.3 Å². The topological polar surface area (TPSA) is 61.8 Å². The summed E-state index contributed by atoms with van der Waals surface area (Å²) < 4.78 is 76.7. The molecule has 1 saturated heterocycles. The highest BCUT2D eigenvalue weighted by Gasteiger charge is 2.58. The van der Waals surface area contributed by atoms with Crippen molar-refractivity contribution in [3.05, 3.63) is 24.5 Å². The van der Waals surface area contributed by atoms with E-state index in [1.807, 2.05) is 0 Å². The van der Waals surface area contributed by atoms with E-state index in [4.69, 9.17) is 9.47 Å². The second kappa shape index (κ2) is 5.74. The summed E-state index contributed by atoms with van der Waals surface area (Å²) in [5, 5.41) is 0. The maximum Gasteiger partial charge on any atom is 0.534 e. The number of rotatable bonds is 4. The van der Waals surface area contributed by atoms with Crippen molar-refractivity contribution in [2.75, 3.05) is 13.2 Å². The second-order valence-corrected chi connectivity index (χ2v) is 7.98. The minimum atomic E-state index is -5.68. The van der Waals surface area contributed by atoms with Crippen LogP contribution in [0, 0.1) is 11.3 Å². The molecular formula is C15H19F3O5S. The molecule has 0 aromatic rings. The molecule has 0 unspecified atom stereocenters. The molecule has 24 heavy (non-hydrogen) atoms. The first-order valence-electron chi connectivity index (χ1n) is 7.74. The van der Waals surface area contributed by atoms with Crippen LogP contribution in [-0.4, -0.2) is 32.9 Å². The highest BCUT2D eigenvalue weighted by atomic mass is 32.2. The Balaban J connectivity index is 1.86. The van der Waals surface area contributed by atoms with E-state index in [1.165, 1.54) is 6.08 Å². The van der Waals surface area contributed by atoms with E-state index in [2.05, 4.69) is 10.8 Å². The van der Waals surface area contributed by atoms with Gasteiger partial charge >= 0.3 is 15.6 Å². The van der Waals surface area contributed by atoms with Crippen LogP contribution in [0.2, 0.25) is 0 Å². The standard InChI is InChI=1S/C15H19F3O5S/c1-2-5-13-6-7-14(21-8-9-22-14)10-11(13)3-4-12(13)23-24(19,20)15(16,17)18/h2,4,11H,1,3,5-10H2/t11-,13+/m1/s1. The number of hydrogen-bond acceptors (Lipinski definition) is 5. The van der Waals surface area contributed by atoms with Gasteiger partial charge in [-0.2, -0.15) is 21.6 Å². The van der Waals surface area contributed by atoms with Crippen molar-refractivity contribution in [2.45, 2.75) is 43.4 Å². The molecule has 0 aromatic carbocycles. The SMILES string of the molecule is C=CC[C@]12CCC3(C[C@H]1CC=C2OS(=O)(=O)C(F)(F)F)OCCO3. The molecule has 0 amide bonds. The quantitative estimate of drug-likeness (QED) is 0.433. The van der Waals surface area contributed by atoms with Crippen molar-refractivity contribution in [2.24, 2.45) is 11.3 Å². The molecule has 1 heterocycles. The lowest BCUT2D eigenvalue weighted by Gasteiger charge is -2.46. The average molecular weight is 368 g/mol. The minimum absolute atomic E-state index is 0.110. The molecule has 0 bridgehead atoms. The molecule has 1 saturated carbocycles. The fourth-order valence-corrected chi connectivity index (χ4v) is 4.61. The summed E-state index contributed by atoms with van der Waals surface area (Å²) in [6.45, 7) is 4.63. The molecule has 9 heteroatoms. The van der Waals surface area contributed by atoms with Gasteiger partial charge in [0.15, 0.2) is 5.79 Å². The molecule has 3 aliphatic rings. The molecule has 0 N–H and O–H groups in total. The predicted molar refractivity (Wildman–Crippen MR) is 78.0 cm³/mol. The first-order chi connectivity index (χ1) is 11.1. The lowest BCUT2D eigenvalue weighted by Crippen LogP contribution is -2.45. The Morgan fingerprint density at radius 2 is 2.00 bits per heavy atom. The normalized spacial score (nSPS) is 32.5. The van der Waals surface area contributed by atoms with Gasteiger partial charge in [0.2, 0.25) is 0 Å². The number of hydrogen-bond donors (Lipinski definition) is 0. The van der Waals surface area contributed by atoms with Gasteiger partial charge in [0.05, 0.1) is 13.2 Å². The van der Waals surface area contributed by atoms with E-state index in [9.17, 15) is 21.6 Å². The number of ether oxygens (including phenoxy) is 2. The number of allylic oxidation sites excluding steroid dienone is 3. The summed E-state index contributed by atoms with van der Waals surface area (Å²) in [5.74, 6) is -0.944. The zero-order valence-electron chi connectivity index (χ0n) is 13.0. The van der Waals surface area contributed by atoms with Crippen LogP contribution in [0.1, 0.15) is 32.1 Å². The van der Waals surface area contributed by atoms with Gasteiger partial charge in [-0.25, -0.2) is 0 Å². The van der Waals surface area contributed by atoms with Gasteiger partial charge < -0.3 is 13.7 Å². The van der Waals surface area contributed by atoms with Crippen LogP contribution < -0.4 is 0 Å². The molecule has 3 rings (SSSR count). The van der Waals surface area contributed by atoms with E-state index < -0.39 is 26.8 Å².